The molecule has 9 atom stereocenters. The number of ether oxygens (including phenoxy) is 4. The molecule has 0 spiro atoms. The van der Waals surface area contributed by atoms with Crippen LogP contribution in [-0.4, -0.2) is 204 Å². The van der Waals surface area contributed by atoms with Crippen molar-refractivity contribution >= 4 is 51.4 Å². The molecule has 2 heterocycles. The number of carbonyl (C=O) groups is 7. The largest absolute Gasteiger partial charge is 0.379 e. The van der Waals surface area contributed by atoms with Gasteiger partial charge in [-0.3, -0.25) is 43.2 Å². The molecule has 82 heavy (non-hydrogen) atoms. The molecule has 2 aliphatic carbocycles. The molecule has 0 aromatic heterocycles. The summed E-state index contributed by atoms with van der Waals surface area (Å²) in [7, 11) is 2.72. The van der Waals surface area contributed by atoms with E-state index in [0.29, 0.717) is 90.9 Å². The van der Waals surface area contributed by atoms with Crippen LogP contribution in [0.3, 0.4) is 0 Å². The monoisotopic (exact) mass is 1180 g/mol. The third kappa shape index (κ3) is 21.5. The molecule has 4 N–H and O–H groups in total. The number of amides is 7. The fourth-order valence-electron chi connectivity index (χ4n) is 12.3. The molecular weight excluding hydrogens is 1070 g/mol. The molecule has 21 nitrogen and oxygen atoms in total. The summed E-state index contributed by atoms with van der Waals surface area (Å²) in [6.45, 7) is 20.4. The van der Waals surface area contributed by atoms with Gasteiger partial charge in [0, 0.05) is 59.4 Å². The lowest BCUT2D eigenvalue weighted by Gasteiger charge is -2.41. The van der Waals surface area contributed by atoms with Crippen molar-refractivity contribution in [3.63, 3.8) is 0 Å². The summed E-state index contributed by atoms with van der Waals surface area (Å²) < 4.78 is 51.1. The first kappa shape index (κ1) is 70.5. The summed E-state index contributed by atoms with van der Waals surface area (Å²) in [5, 5.41) is 8.57. The number of nitrogens with one attached hydrogen (secondary N) is 4. The molecular formula is C60H108N8O13S. The Labute approximate surface area is 492 Å². The second-order valence-electron chi connectivity index (χ2n) is 25.1. The van der Waals surface area contributed by atoms with Gasteiger partial charge < -0.3 is 49.6 Å². The van der Waals surface area contributed by atoms with Crippen LogP contribution in [0.1, 0.15) is 171 Å². The number of nitrogens with zero attached hydrogens (tertiary/aromatic N) is 4. The van der Waals surface area contributed by atoms with Crippen LogP contribution in [0, 0.1) is 35.5 Å². The first-order valence-electron chi connectivity index (χ1n) is 31.1. The van der Waals surface area contributed by atoms with Gasteiger partial charge >= 0.3 is 0 Å². The highest BCUT2D eigenvalue weighted by Gasteiger charge is 2.45. The minimum atomic E-state index is -3.83. The quantitative estimate of drug-likeness (QED) is 0.0617. The number of sulfonamides is 1. The van der Waals surface area contributed by atoms with Gasteiger partial charge in [-0.25, -0.2) is 8.42 Å². The van der Waals surface area contributed by atoms with E-state index in [2.05, 4.69) is 20.7 Å². The van der Waals surface area contributed by atoms with E-state index in [1.807, 2.05) is 72.2 Å². The van der Waals surface area contributed by atoms with Crippen molar-refractivity contribution in [1.29, 1.82) is 0 Å². The molecule has 2 saturated carbocycles. The molecule has 0 aromatic rings. The summed E-state index contributed by atoms with van der Waals surface area (Å²) in [5.74, 6) is -3.37. The fourth-order valence-corrected chi connectivity index (χ4v) is 13.6. The maximum Gasteiger partial charge on any atom is 0.256 e. The van der Waals surface area contributed by atoms with E-state index in [1.165, 1.54) is 46.3 Å². The van der Waals surface area contributed by atoms with Crippen LogP contribution in [0.15, 0.2) is 0 Å². The second-order valence-corrected chi connectivity index (χ2v) is 27.0. The minimum absolute atomic E-state index is 0.0284. The summed E-state index contributed by atoms with van der Waals surface area (Å²) in [4.78, 5) is 104. The fraction of sp³-hybridized carbons (Fsp3) is 0.883. The van der Waals surface area contributed by atoms with Gasteiger partial charge in [-0.2, -0.15) is 0 Å². The van der Waals surface area contributed by atoms with Crippen molar-refractivity contribution < 1.29 is 60.9 Å². The Morgan fingerprint density at radius 3 is 1.85 bits per heavy atom. The lowest BCUT2D eigenvalue weighted by molar-refractivity contribution is -0.148. The highest BCUT2D eigenvalue weighted by Crippen LogP contribution is 2.31. The third-order valence-corrected chi connectivity index (χ3v) is 19.3. The maximum absolute atomic E-state index is 14.7. The van der Waals surface area contributed by atoms with Gasteiger partial charge in [-0.05, 0) is 88.5 Å². The van der Waals surface area contributed by atoms with Gasteiger partial charge in [0.2, 0.25) is 45.5 Å². The van der Waals surface area contributed by atoms with Crippen molar-refractivity contribution in [2.75, 3.05) is 80.9 Å². The van der Waals surface area contributed by atoms with Crippen LogP contribution in [0.5, 0.6) is 0 Å². The van der Waals surface area contributed by atoms with Crippen LogP contribution >= 0.6 is 0 Å². The predicted octanol–water partition coefficient (Wildman–Crippen LogP) is 5.03. The van der Waals surface area contributed by atoms with Gasteiger partial charge in [0.05, 0.1) is 80.8 Å². The standard InChI is InChI=1S/C60H108N8O13S/c1-14-42(8)54(49(78-12)38-51(70)68-29-20-23-48(68)55(79-13)43(9)56(71)62-47(37-39(2)3)58(73)64-82(76,77)46-24-25-46)66(11)60(75)52(40(4)5)63-59(74)53(41(6)7)65(10)32-34-81-36-35-80-33-28-50(69)67-30-26-44(27-31-67)57(72)61-45-21-18-16-15-17-19-22-45/h39-49,52-55H,14-38H2,1-13H3,(H,61,72)(H,62,71)(H,63,74)(H,64,73)/t42-,43+,47-,48-,49+,52-,53?,54-,55+/m0/s1. The molecule has 0 radical (unpaired) electrons. The average molecular weight is 1180 g/mol. The molecule has 4 aliphatic rings. The number of likely N-dealkylation sites (tertiary alicyclic amines) is 2. The van der Waals surface area contributed by atoms with Crippen molar-refractivity contribution in [2.24, 2.45) is 35.5 Å². The lowest BCUT2D eigenvalue weighted by Crippen LogP contribution is -2.60. The molecule has 0 bridgehead atoms. The number of methoxy groups -OCH3 is 2. The maximum atomic E-state index is 14.7. The first-order valence-corrected chi connectivity index (χ1v) is 32.6. The number of likely N-dealkylation sites (N-methyl/N-ethyl adjacent to an activating group) is 2. The van der Waals surface area contributed by atoms with Crippen molar-refractivity contribution in [3.8, 4) is 0 Å². The molecule has 472 valence electrons. The van der Waals surface area contributed by atoms with Gasteiger partial charge in [0.1, 0.15) is 12.1 Å². The topological polar surface area (TPSA) is 252 Å². The molecule has 4 rings (SSSR count). The summed E-state index contributed by atoms with van der Waals surface area (Å²) in [6.07, 6.45) is 11.3. The van der Waals surface area contributed by atoms with Gasteiger partial charge in [-0.1, -0.05) is 101 Å². The first-order chi connectivity index (χ1) is 38.9. The Kier molecular flexibility index (Phi) is 30.0. The number of piperidine rings is 1. The Morgan fingerprint density at radius 1 is 0.671 bits per heavy atom. The normalized spacial score (nSPS) is 20.8. The molecule has 4 fully saturated rings. The van der Waals surface area contributed by atoms with Crippen LogP contribution in [0.2, 0.25) is 0 Å². The Balaban J connectivity index is 1.27. The molecule has 1 unspecified atom stereocenters. The van der Waals surface area contributed by atoms with Gasteiger partial charge in [0.25, 0.3) is 5.91 Å². The van der Waals surface area contributed by atoms with Crippen LogP contribution < -0.4 is 20.7 Å². The number of carbonyl (C=O) groups excluding carboxylic acids is 7. The molecule has 22 heteroatoms. The van der Waals surface area contributed by atoms with E-state index in [0.717, 1.165) is 12.8 Å². The second kappa shape index (κ2) is 34.9. The highest BCUT2D eigenvalue weighted by molar-refractivity contribution is 7.90. The molecule has 2 saturated heterocycles. The molecule has 0 aromatic carbocycles. The summed E-state index contributed by atoms with van der Waals surface area (Å²) >= 11 is 0. The molecule has 7 amide bonds. The number of hydrogen-bond acceptors (Lipinski definition) is 14. The Morgan fingerprint density at radius 2 is 1.29 bits per heavy atom. The lowest BCUT2D eigenvalue weighted by atomic mass is 9.89. The Bertz CT molecular complexity index is 2130. The summed E-state index contributed by atoms with van der Waals surface area (Å²) in [5.41, 5.74) is 0. The van der Waals surface area contributed by atoms with Crippen LogP contribution in [-0.2, 0) is 62.5 Å². The zero-order chi connectivity index (χ0) is 60.8. The van der Waals surface area contributed by atoms with E-state index in [1.54, 1.807) is 23.8 Å². The van der Waals surface area contributed by atoms with Crippen molar-refractivity contribution in [3.05, 3.63) is 0 Å². The van der Waals surface area contributed by atoms with Crippen molar-refractivity contribution in [1.82, 2.24) is 40.3 Å². The van der Waals surface area contributed by atoms with E-state index in [-0.39, 0.29) is 91.0 Å². The van der Waals surface area contributed by atoms with Gasteiger partial charge in [0.15, 0.2) is 0 Å². The van der Waals surface area contributed by atoms with Crippen LogP contribution in [0.25, 0.3) is 0 Å². The Hall–Kier alpha value is -3.96. The number of rotatable bonds is 34. The zero-order valence-electron chi connectivity index (χ0n) is 52.3. The van der Waals surface area contributed by atoms with E-state index >= 15 is 0 Å². The average Bonchev–Trinajstić information content (AvgIpc) is 4.22. The van der Waals surface area contributed by atoms with Gasteiger partial charge in [-0.15, -0.1) is 0 Å². The van der Waals surface area contributed by atoms with E-state index < -0.39 is 75.4 Å². The van der Waals surface area contributed by atoms with E-state index in [4.69, 9.17) is 18.9 Å². The van der Waals surface area contributed by atoms with Crippen LogP contribution in [0.4, 0.5) is 0 Å². The highest BCUT2D eigenvalue weighted by atomic mass is 32.2. The minimum Gasteiger partial charge on any atom is -0.379 e. The molecule has 2 aliphatic heterocycles. The summed E-state index contributed by atoms with van der Waals surface area (Å²) in [6, 6.07) is -3.34. The van der Waals surface area contributed by atoms with Crippen molar-refractivity contribution in [2.45, 2.75) is 225 Å². The number of hydrogen-bond donors (Lipinski definition) is 4. The van der Waals surface area contributed by atoms with E-state index in [9.17, 15) is 42.0 Å². The zero-order valence-corrected chi connectivity index (χ0v) is 53.2. The third-order valence-electron chi connectivity index (χ3n) is 17.5. The smallest absolute Gasteiger partial charge is 0.256 e. The predicted molar refractivity (Wildman–Crippen MR) is 315 cm³/mol. The SMILES string of the molecule is CC[C@H](C)[C@@H]([C@@H](CC(=O)N1CCC[C@H]1[C@H](OC)[C@@H](C)C(=O)N[C@@H](CC(C)C)C(=O)NS(=O)(=O)C1CC1)OC)N(C)C(=O)[C@@H](NC(=O)C(C(C)C)N(C)CCOCCOCCC(=O)N1CCC(C(=O)NC2CCCCCCC2)CC1)C(C)C.